The first kappa shape index (κ1) is 17.4. The summed E-state index contributed by atoms with van der Waals surface area (Å²) in [6, 6.07) is 0.217. The highest BCUT2D eigenvalue weighted by atomic mass is 32.2. The SMILES string of the molecule is CC1CCCNC1CC(=O)NCC(C)(C)NS(C)(=O)=O. The van der Waals surface area contributed by atoms with Gasteiger partial charge >= 0.3 is 0 Å². The Labute approximate surface area is 122 Å². The average Bonchev–Trinajstić information content (AvgIpc) is 2.27. The lowest BCUT2D eigenvalue weighted by atomic mass is 9.90. The van der Waals surface area contributed by atoms with Crippen molar-refractivity contribution < 1.29 is 13.2 Å². The number of sulfonamides is 1. The second-order valence-corrected chi connectivity index (χ2v) is 8.17. The Morgan fingerprint density at radius 2 is 2.05 bits per heavy atom. The van der Waals surface area contributed by atoms with Gasteiger partial charge in [0.15, 0.2) is 0 Å². The molecule has 3 N–H and O–H groups in total. The second kappa shape index (κ2) is 6.87. The van der Waals surface area contributed by atoms with E-state index in [-0.39, 0.29) is 18.5 Å². The minimum atomic E-state index is -3.28. The molecule has 0 radical (unpaired) electrons. The van der Waals surface area contributed by atoms with Gasteiger partial charge in [-0.3, -0.25) is 4.79 Å². The van der Waals surface area contributed by atoms with E-state index < -0.39 is 15.6 Å². The molecule has 1 amide bonds. The first-order valence-electron chi connectivity index (χ1n) is 7.08. The number of carbonyl (C=O) groups is 1. The van der Waals surface area contributed by atoms with E-state index in [1.165, 1.54) is 0 Å². The maximum absolute atomic E-state index is 11.9. The molecule has 7 heteroatoms. The van der Waals surface area contributed by atoms with Crippen LogP contribution in [0.2, 0.25) is 0 Å². The van der Waals surface area contributed by atoms with Gasteiger partial charge in [-0.2, -0.15) is 0 Å². The Morgan fingerprint density at radius 1 is 1.40 bits per heavy atom. The molecule has 1 aliphatic rings. The molecule has 0 spiro atoms. The smallest absolute Gasteiger partial charge is 0.221 e. The molecule has 0 aliphatic carbocycles. The fourth-order valence-corrected chi connectivity index (χ4v) is 3.59. The zero-order chi connectivity index (χ0) is 15.4. The summed E-state index contributed by atoms with van der Waals surface area (Å²) in [4.78, 5) is 11.9. The molecule has 1 fully saturated rings. The standard InChI is InChI=1S/C13H27N3O3S/c1-10-6-5-7-14-11(10)8-12(17)15-9-13(2,3)16-20(4,18)19/h10-11,14,16H,5-9H2,1-4H3,(H,15,17). The van der Waals surface area contributed by atoms with Crippen LogP contribution in [0, 0.1) is 5.92 Å². The highest BCUT2D eigenvalue weighted by Gasteiger charge is 2.26. The number of hydrogen-bond donors (Lipinski definition) is 3. The van der Waals surface area contributed by atoms with Gasteiger partial charge < -0.3 is 10.6 Å². The Hall–Kier alpha value is -0.660. The molecular formula is C13H27N3O3S. The molecule has 0 aromatic rings. The van der Waals surface area contributed by atoms with Crippen molar-refractivity contribution in [3.05, 3.63) is 0 Å². The van der Waals surface area contributed by atoms with Crippen LogP contribution in [0.3, 0.4) is 0 Å². The maximum Gasteiger partial charge on any atom is 0.221 e. The Bertz CT molecular complexity index is 434. The third kappa shape index (κ3) is 6.67. The summed E-state index contributed by atoms with van der Waals surface area (Å²) in [6.07, 6.45) is 3.86. The Balaban J connectivity index is 2.39. The van der Waals surface area contributed by atoms with Crippen LogP contribution in [0.1, 0.15) is 40.0 Å². The van der Waals surface area contributed by atoms with E-state index in [1.807, 2.05) is 0 Å². The van der Waals surface area contributed by atoms with Gasteiger partial charge in [0.25, 0.3) is 0 Å². The van der Waals surface area contributed by atoms with Gasteiger partial charge in [0.05, 0.1) is 6.26 Å². The third-order valence-corrected chi connectivity index (χ3v) is 4.45. The second-order valence-electron chi connectivity index (χ2n) is 6.42. The lowest BCUT2D eigenvalue weighted by Gasteiger charge is -2.30. The molecule has 0 aromatic heterocycles. The molecule has 1 rings (SSSR count). The lowest BCUT2D eigenvalue weighted by Crippen LogP contribution is -2.52. The van der Waals surface area contributed by atoms with Gasteiger partial charge in [-0.05, 0) is 39.2 Å². The van der Waals surface area contributed by atoms with Crippen LogP contribution in [0.25, 0.3) is 0 Å². The summed E-state index contributed by atoms with van der Waals surface area (Å²) >= 11 is 0. The molecule has 20 heavy (non-hydrogen) atoms. The first-order chi connectivity index (χ1) is 9.09. The summed E-state index contributed by atoms with van der Waals surface area (Å²) in [5, 5.41) is 6.17. The number of carbonyl (C=O) groups excluding carboxylic acids is 1. The van der Waals surface area contributed by atoms with Crippen LogP contribution >= 0.6 is 0 Å². The normalized spacial score (nSPS) is 24.4. The van der Waals surface area contributed by atoms with Gasteiger partial charge in [-0.25, -0.2) is 13.1 Å². The number of nitrogens with one attached hydrogen (secondary N) is 3. The first-order valence-corrected chi connectivity index (χ1v) is 8.97. The molecule has 0 bridgehead atoms. The summed E-state index contributed by atoms with van der Waals surface area (Å²) in [6.45, 7) is 6.88. The van der Waals surface area contributed by atoms with Crippen molar-refractivity contribution in [2.75, 3.05) is 19.3 Å². The van der Waals surface area contributed by atoms with Crippen molar-refractivity contribution in [2.45, 2.75) is 51.6 Å². The lowest BCUT2D eigenvalue weighted by molar-refractivity contribution is -0.122. The van der Waals surface area contributed by atoms with E-state index >= 15 is 0 Å². The molecule has 1 heterocycles. The predicted molar refractivity (Wildman–Crippen MR) is 79.9 cm³/mol. The van der Waals surface area contributed by atoms with E-state index in [0.717, 1.165) is 25.6 Å². The minimum Gasteiger partial charge on any atom is -0.354 e. The van der Waals surface area contributed by atoms with Crippen LogP contribution in [-0.4, -0.2) is 45.3 Å². The van der Waals surface area contributed by atoms with E-state index in [9.17, 15) is 13.2 Å². The highest BCUT2D eigenvalue weighted by Crippen LogP contribution is 2.17. The van der Waals surface area contributed by atoms with Gasteiger partial charge in [0.2, 0.25) is 15.9 Å². The molecule has 118 valence electrons. The van der Waals surface area contributed by atoms with Gasteiger partial charge in [0, 0.05) is 24.5 Å². The zero-order valence-corrected chi connectivity index (χ0v) is 13.6. The maximum atomic E-state index is 11.9. The predicted octanol–water partition coefficient (Wildman–Crippen LogP) is 0.209. The third-order valence-electron chi connectivity index (χ3n) is 3.52. The monoisotopic (exact) mass is 305 g/mol. The van der Waals surface area contributed by atoms with Crippen LogP contribution < -0.4 is 15.4 Å². The van der Waals surface area contributed by atoms with Crippen LogP contribution in [0.5, 0.6) is 0 Å². The molecule has 2 unspecified atom stereocenters. The summed E-state index contributed by atoms with van der Waals surface area (Å²) in [5.41, 5.74) is -0.686. The summed E-state index contributed by atoms with van der Waals surface area (Å²) in [5.74, 6) is 0.455. The Kier molecular flexibility index (Phi) is 5.97. The van der Waals surface area contributed by atoms with Gasteiger partial charge in [0.1, 0.15) is 0 Å². The van der Waals surface area contributed by atoms with E-state index in [0.29, 0.717) is 12.3 Å². The fourth-order valence-electron chi connectivity index (χ4n) is 2.52. The van der Waals surface area contributed by atoms with Crippen molar-refractivity contribution in [1.29, 1.82) is 0 Å². The highest BCUT2D eigenvalue weighted by molar-refractivity contribution is 7.88. The number of hydrogen-bond acceptors (Lipinski definition) is 4. The van der Waals surface area contributed by atoms with Gasteiger partial charge in [-0.15, -0.1) is 0 Å². The number of piperidine rings is 1. The van der Waals surface area contributed by atoms with Crippen molar-refractivity contribution in [3.8, 4) is 0 Å². The molecule has 2 atom stereocenters. The van der Waals surface area contributed by atoms with Crippen LogP contribution in [0.15, 0.2) is 0 Å². The van der Waals surface area contributed by atoms with Gasteiger partial charge in [-0.1, -0.05) is 6.92 Å². The van der Waals surface area contributed by atoms with E-state index in [1.54, 1.807) is 13.8 Å². The summed E-state index contributed by atoms with van der Waals surface area (Å²) in [7, 11) is -3.28. The van der Waals surface area contributed by atoms with Crippen LogP contribution in [-0.2, 0) is 14.8 Å². The molecule has 1 aliphatic heterocycles. The molecule has 0 aromatic carbocycles. The topological polar surface area (TPSA) is 87.3 Å². The largest absolute Gasteiger partial charge is 0.354 e. The molecule has 1 saturated heterocycles. The number of amides is 1. The number of rotatable bonds is 6. The van der Waals surface area contributed by atoms with E-state index in [4.69, 9.17) is 0 Å². The minimum absolute atomic E-state index is 0.0420. The van der Waals surface area contributed by atoms with Crippen molar-refractivity contribution >= 4 is 15.9 Å². The molecular weight excluding hydrogens is 278 g/mol. The molecule has 6 nitrogen and oxygen atoms in total. The molecule has 0 saturated carbocycles. The van der Waals surface area contributed by atoms with Crippen molar-refractivity contribution in [2.24, 2.45) is 5.92 Å². The van der Waals surface area contributed by atoms with Crippen molar-refractivity contribution in [1.82, 2.24) is 15.4 Å². The Morgan fingerprint density at radius 3 is 2.60 bits per heavy atom. The summed E-state index contributed by atoms with van der Waals surface area (Å²) < 4.78 is 24.9. The van der Waals surface area contributed by atoms with Crippen LogP contribution in [0.4, 0.5) is 0 Å². The van der Waals surface area contributed by atoms with E-state index in [2.05, 4.69) is 22.3 Å². The zero-order valence-electron chi connectivity index (χ0n) is 12.8. The quantitative estimate of drug-likeness (QED) is 0.654. The fraction of sp³-hybridized carbons (Fsp3) is 0.923. The van der Waals surface area contributed by atoms with Crippen molar-refractivity contribution in [3.63, 3.8) is 0 Å². The average molecular weight is 305 g/mol.